The van der Waals surface area contributed by atoms with E-state index < -0.39 is 0 Å². The number of nitrogens with zero attached hydrogens (tertiary/aromatic N) is 4. The molecule has 9 heteroatoms. The maximum Gasteiger partial charge on any atom is 0.410 e. The summed E-state index contributed by atoms with van der Waals surface area (Å²) in [7, 11) is 1.95. The summed E-state index contributed by atoms with van der Waals surface area (Å²) in [5, 5.41) is 0. The van der Waals surface area contributed by atoms with Gasteiger partial charge in [0, 0.05) is 32.6 Å². The fourth-order valence-corrected chi connectivity index (χ4v) is 5.79. The number of hydrogen-bond donors (Lipinski definition) is 0. The molecule has 5 rings (SSSR count). The Labute approximate surface area is 189 Å². The molecule has 176 valence electrons. The second-order valence-electron chi connectivity index (χ2n) is 9.78. The van der Waals surface area contributed by atoms with Gasteiger partial charge in [0.1, 0.15) is 12.1 Å². The Bertz CT molecular complexity index is 801. The van der Waals surface area contributed by atoms with Crippen LogP contribution in [0.4, 0.5) is 4.79 Å². The van der Waals surface area contributed by atoms with Gasteiger partial charge in [0.25, 0.3) is 0 Å². The molecule has 32 heavy (non-hydrogen) atoms. The van der Waals surface area contributed by atoms with Crippen LogP contribution in [0.25, 0.3) is 0 Å². The Hall–Kier alpha value is -2.13. The summed E-state index contributed by atoms with van der Waals surface area (Å²) in [6, 6.07) is -0.436. The molecule has 1 aliphatic carbocycles. The topological polar surface area (TPSA) is 82.6 Å². The lowest BCUT2D eigenvalue weighted by Gasteiger charge is -2.34. The number of carbonyl (C=O) groups excluding carboxylic acids is 3. The summed E-state index contributed by atoms with van der Waals surface area (Å²) >= 11 is 0. The SMILES string of the molecule is CN1CCOCC1C(=O)N1CCC(N2C(=O)O[C@H]3CN(C(=O)CC4=CCCCC4)C[C@H]32)C1. The predicted octanol–water partition coefficient (Wildman–Crippen LogP) is 0.840. The normalized spacial score (nSPS) is 33.3. The van der Waals surface area contributed by atoms with E-state index in [2.05, 4.69) is 6.08 Å². The van der Waals surface area contributed by atoms with E-state index in [9.17, 15) is 14.4 Å². The summed E-state index contributed by atoms with van der Waals surface area (Å²) in [6.07, 6.45) is 7.31. The number of hydrogen-bond acceptors (Lipinski definition) is 6. The van der Waals surface area contributed by atoms with Crippen LogP contribution in [0, 0.1) is 0 Å². The van der Waals surface area contributed by atoms with Crippen molar-refractivity contribution >= 4 is 17.9 Å². The monoisotopic (exact) mass is 446 g/mol. The summed E-state index contributed by atoms with van der Waals surface area (Å²) in [5.74, 6) is 0.204. The van der Waals surface area contributed by atoms with Gasteiger partial charge in [0.05, 0.1) is 31.8 Å². The van der Waals surface area contributed by atoms with E-state index >= 15 is 0 Å². The van der Waals surface area contributed by atoms with Gasteiger partial charge >= 0.3 is 6.09 Å². The lowest BCUT2D eigenvalue weighted by molar-refractivity contribution is -0.141. The molecule has 0 N–H and O–H groups in total. The van der Waals surface area contributed by atoms with Crippen molar-refractivity contribution in [3.63, 3.8) is 0 Å². The van der Waals surface area contributed by atoms with Crippen molar-refractivity contribution in [3.8, 4) is 0 Å². The van der Waals surface area contributed by atoms with Gasteiger partial charge in [-0.1, -0.05) is 11.6 Å². The van der Waals surface area contributed by atoms with E-state index in [0.717, 1.165) is 32.2 Å². The minimum Gasteiger partial charge on any atom is -0.442 e. The molecule has 4 atom stereocenters. The maximum absolute atomic E-state index is 13.0. The highest BCUT2D eigenvalue weighted by Crippen LogP contribution is 2.33. The zero-order valence-electron chi connectivity index (χ0n) is 18.9. The molecule has 5 aliphatic rings. The van der Waals surface area contributed by atoms with Crippen molar-refractivity contribution in [1.29, 1.82) is 0 Å². The van der Waals surface area contributed by atoms with E-state index in [1.807, 2.05) is 26.6 Å². The number of fused-ring (bicyclic) bond motifs is 1. The van der Waals surface area contributed by atoms with Gasteiger partial charge in [-0.25, -0.2) is 4.79 Å². The average Bonchev–Trinajstić information content (AvgIpc) is 3.49. The van der Waals surface area contributed by atoms with Crippen LogP contribution in [-0.4, -0.2) is 115 Å². The van der Waals surface area contributed by atoms with Crippen molar-refractivity contribution in [2.24, 2.45) is 0 Å². The molecule has 0 aromatic carbocycles. The van der Waals surface area contributed by atoms with Gasteiger partial charge in [-0.15, -0.1) is 0 Å². The molecule has 2 unspecified atom stereocenters. The Morgan fingerprint density at radius 1 is 1.12 bits per heavy atom. The second kappa shape index (κ2) is 9.02. The fourth-order valence-electron chi connectivity index (χ4n) is 5.79. The Balaban J connectivity index is 1.19. The van der Waals surface area contributed by atoms with Crippen LogP contribution in [-0.2, 0) is 19.1 Å². The van der Waals surface area contributed by atoms with Crippen molar-refractivity contribution in [2.45, 2.75) is 62.8 Å². The van der Waals surface area contributed by atoms with Gasteiger partial charge in [-0.05, 0) is 39.2 Å². The van der Waals surface area contributed by atoms with E-state index in [-0.39, 0.29) is 42.1 Å². The number of ether oxygens (including phenoxy) is 2. The Morgan fingerprint density at radius 3 is 2.78 bits per heavy atom. The first-order valence-electron chi connectivity index (χ1n) is 12.0. The molecule has 3 amide bonds. The van der Waals surface area contributed by atoms with Crippen molar-refractivity contribution < 1.29 is 23.9 Å². The van der Waals surface area contributed by atoms with Crippen LogP contribution in [0.2, 0.25) is 0 Å². The number of allylic oxidation sites excluding steroid dienone is 1. The molecule has 0 spiro atoms. The van der Waals surface area contributed by atoms with Gasteiger partial charge in [-0.3, -0.25) is 19.4 Å². The number of rotatable bonds is 4. The predicted molar refractivity (Wildman–Crippen MR) is 116 cm³/mol. The smallest absolute Gasteiger partial charge is 0.410 e. The van der Waals surface area contributed by atoms with Crippen LogP contribution in [0.1, 0.15) is 38.5 Å². The summed E-state index contributed by atoms with van der Waals surface area (Å²) in [6.45, 7) is 3.95. The molecule has 4 heterocycles. The zero-order valence-corrected chi connectivity index (χ0v) is 18.9. The summed E-state index contributed by atoms with van der Waals surface area (Å²) < 4.78 is 11.2. The first kappa shape index (κ1) is 21.7. The highest BCUT2D eigenvalue weighted by atomic mass is 16.6. The summed E-state index contributed by atoms with van der Waals surface area (Å²) in [4.78, 5) is 46.1. The molecule has 0 radical (unpaired) electrons. The highest BCUT2D eigenvalue weighted by Gasteiger charge is 2.52. The van der Waals surface area contributed by atoms with Crippen LogP contribution < -0.4 is 0 Å². The molecule has 0 aromatic rings. The lowest BCUT2D eigenvalue weighted by atomic mass is 9.97. The molecule has 4 aliphatic heterocycles. The third-order valence-corrected chi connectivity index (χ3v) is 7.72. The van der Waals surface area contributed by atoms with Crippen LogP contribution in [0.15, 0.2) is 11.6 Å². The Morgan fingerprint density at radius 2 is 2.00 bits per heavy atom. The standard InChI is InChI=1S/C23H34N4O5/c1-24-9-10-31-15-19(24)22(29)25-8-7-17(12-25)27-18-13-26(14-20(18)32-23(27)30)21(28)11-16-5-3-2-4-6-16/h5,17-20H,2-4,6-15H2,1H3/t17?,18-,19?,20+/m1/s1. The summed E-state index contributed by atoms with van der Waals surface area (Å²) in [5.41, 5.74) is 1.24. The van der Waals surface area contributed by atoms with Crippen LogP contribution >= 0.6 is 0 Å². The van der Waals surface area contributed by atoms with Crippen LogP contribution in [0.5, 0.6) is 0 Å². The van der Waals surface area contributed by atoms with E-state index in [1.54, 1.807) is 0 Å². The number of morpholine rings is 1. The van der Waals surface area contributed by atoms with Gasteiger partial charge in [-0.2, -0.15) is 0 Å². The largest absolute Gasteiger partial charge is 0.442 e. The molecule has 9 nitrogen and oxygen atoms in total. The number of amides is 3. The number of carbonyl (C=O) groups is 3. The first-order valence-corrected chi connectivity index (χ1v) is 12.0. The van der Waals surface area contributed by atoms with Crippen LogP contribution in [0.3, 0.4) is 0 Å². The van der Waals surface area contributed by atoms with Gasteiger partial charge in [0.15, 0.2) is 0 Å². The molecule has 0 bridgehead atoms. The van der Waals surface area contributed by atoms with Crippen molar-refractivity contribution in [2.75, 3.05) is 53.0 Å². The highest BCUT2D eigenvalue weighted by molar-refractivity contribution is 5.83. The maximum atomic E-state index is 13.0. The van der Waals surface area contributed by atoms with Gasteiger partial charge in [0.2, 0.25) is 11.8 Å². The molecule has 4 saturated heterocycles. The number of likely N-dealkylation sites (tertiary alicyclic amines) is 2. The number of likely N-dealkylation sites (N-methyl/N-ethyl adjacent to an activating group) is 1. The fraction of sp³-hybridized carbons (Fsp3) is 0.783. The van der Waals surface area contributed by atoms with E-state index in [4.69, 9.17) is 9.47 Å². The van der Waals surface area contributed by atoms with Crippen molar-refractivity contribution in [3.05, 3.63) is 11.6 Å². The minimum absolute atomic E-state index is 0.0626. The van der Waals surface area contributed by atoms with Gasteiger partial charge < -0.3 is 19.3 Å². The Kier molecular flexibility index (Phi) is 6.11. The average molecular weight is 447 g/mol. The molecular weight excluding hydrogens is 412 g/mol. The molecular formula is C23H34N4O5. The molecule has 4 fully saturated rings. The molecule has 0 aromatic heterocycles. The zero-order chi connectivity index (χ0) is 22.2. The molecule has 0 saturated carbocycles. The lowest BCUT2D eigenvalue weighted by Crippen LogP contribution is -2.53. The minimum atomic E-state index is -0.306. The third-order valence-electron chi connectivity index (χ3n) is 7.72. The van der Waals surface area contributed by atoms with E-state index in [0.29, 0.717) is 45.8 Å². The van der Waals surface area contributed by atoms with E-state index in [1.165, 1.54) is 12.0 Å². The quantitative estimate of drug-likeness (QED) is 0.596. The second-order valence-corrected chi connectivity index (χ2v) is 9.78. The van der Waals surface area contributed by atoms with Crippen molar-refractivity contribution in [1.82, 2.24) is 19.6 Å². The first-order chi connectivity index (χ1) is 15.5. The third kappa shape index (κ3) is 4.12.